The minimum Gasteiger partial charge on any atom is -0.479 e. The van der Waals surface area contributed by atoms with Crippen LogP contribution in [-0.4, -0.2) is 78.6 Å². The molecule has 1 heterocycles. The normalized spacial score (nSPS) is 14.2. The van der Waals surface area contributed by atoms with E-state index in [4.69, 9.17) is 19.7 Å². The number of carbonyl (C=O) groups is 4. The first-order chi connectivity index (χ1) is 14.8. The second-order valence-electron chi connectivity index (χ2n) is 7.09. The van der Waals surface area contributed by atoms with Gasteiger partial charge in [0.1, 0.15) is 0 Å². The molecule has 1 aliphatic heterocycles. The number of piperidine rings is 1. The Labute approximate surface area is 179 Å². The number of carboxylic acid groups (broad SMARTS) is 2. The molecular weight excluding hydrogens is 408 g/mol. The van der Waals surface area contributed by atoms with Crippen LogP contribution in [0.3, 0.4) is 0 Å². The quantitative estimate of drug-likeness (QED) is 0.340. The van der Waals surface area contributed by atoms with Gasteiger partial charge in [0.05, 0.1) is 6.54 Å². The van der Waals surface area contributed by atoms with Crippen molar-refractivity contribution in [1.82, 2.24) is 10.2 Å². The molecule has 1 saturated heterocycles. The predicted octanol–water partition coefficient (Wildman–Crippen LogP) is 0.810. The van der Waals surface area contributed by atoms with Gasteiger partial charge >= 0.3 is 11.9 Å². The number of carbonyl (C=O) groups excluding carboxylic acids is 2. The van der Waals surface area contributed by atoms with Gasteiger partial charge in [-0.25, -0.2) is 9.59 Å². The molecule has 0 aromatic heterocycles. The molecule has 168 valence electrons. The van der Waals surface area contributed by atoms with Crippen LogP contribution in [0, 0.1) is 5.92 Å². The van der Waals surface area contributed by atoms with E-state index >= 15 is 0 Å². The molecule has 1 aliphatic rings. The van der Waals surface area contributed by atoms with E-state index in [1.807, 2.05) is 6.08 Å². The van der Waals surface area contributed by atoms with E-state index in [-0.39, 0.29) is 29.5 Å². The van der Waals surface area contributed by atoms with Gasteiger partial charge in [-0.2, -0.15) is 0 Å². The van der Waals surface area contributed by atoms with E-state index in [9.17, 15) is 19.2 Å². The number of nitrogens with zero attached hydrogens (tertiary/aromatic N) is 1. The molecule has 2 rings (SSSR count). The molecular formula is C21H26N2O8. The molecule has 0 atom stereocenters. The van der Waals surface area contributed by atoms with Crippen LogP contribution in [-0.2, 0) is 14.4 Å². The van der Waals surface area contributed by atoms with Crippen molar-refractivity contribution in [3.05, 3.63) is 35.9 Å². The maximum Gasteiger partial charge on any atom is 0.341 e. The molecule has 0 radical (unpaired) electrons. The Hall–Kier alpha value is -3.40. The standard InChI is InChI=1S/C21H26N2O8/c1-23(19(25)5-2-14-6-8-22-9-7-14)11-16(24)15-3-4-17(30-12-20(26)27)18(10-15)31-13-21(28)29/h2-5,10,14,22H,6-9,11-13H2,1H3,(H,26,27)(H,28,29)/b5-2+. The monoisotopic (exact) mass is 434 g/mol. The Morgan fingerprint density at radius 1 is 1.06 bits per heavy atom. The van der Waals surface area contributed by atoms with Crippen molar-refractivity contribution >= 4 is 23.6 Å². The molecule has 0 bridgehead atoms. The third-order valence-electron chi connectivity index (χ3n) is 4.62. The molecule has 0 unspecified atom stereocenters. The lowest BCUT2D eigenvalue weighted by atomic mass is 9.98. The highest BCUT2D eigenvalue weighted by molar-refractivity contribution is 6.01. The Morgan fingerprint density at radius 2 is 1.68 bits per heavy atom. The Kier molecular flexibility index (Phi) is 9.01. The first-order valence-electron chi connectivity index (χ1n) is 9.76. The van der Waals surface area contributed by atoms with E-state index < -0.39 is 30.9 Å². The summed E-state index contributed by atoms with van der Waals surface area (Å²) in [5.74, 6) is -2.90. The number of likely N-dealkylation sites (N-methyl/N-ethyl adjacent to an activating group) is 1. The van der Waals surface area contributed by atoms with Crippen LogP contribution in [0.2, 0.25) is 0 Å². The Morgan fingerprint density at radius 3 is 2.29 bits per heavy atom. The summed E-state index contributed by atoms with van der Waals surface area (Å²) in [6.45, 7) is 0.285. The fourth-order valence-electron chi connectivity index (χ4n) is 2.96. The Bertz CT molecular complexity index is 846. The summed E-state index contributed by atoms with van der Waals surface area (Å²) in [5.41, 5.74) is 0.171. The molecule has 1 aromatic carbocycles. The van der Waals surface area contributed by atoms with Crippen molar-refractivity contribution in [3.63, 3.8) is 0 Å². The highest BCUT2D eigenvalue weighted by Crippen LogP contribution is 2.29. The number of Topliss-reactive ketones (excluding diaryl/α,β-unsaturated/α-hetero) is 1. The number of allylic oxidation sites excluding steroid dienone is 1. The van der Waals surface area contributed by atoms with Crippen LogP contribution in [0.4, 0.5) is 0 Å². The van der Waals surface area contributed by atoms with E-state index in [0.717, 1.165) is 25.9 Å². The summed E-state index contributed by atoms with van der Waals surface area (Å²) in [4.78, 5) is 47.7. The minimum atomic E-state index is -1.24. The minimum absolute atomic E-state index is 0.00506. The van der Waals surface area contributed by atoms with Gasteiger partial charge in [-0.05, 0) is 56.1 Å². The molecule has 0 saturated carbocycles. The first-order valence-corrected chi connectivity index (χ1v) is 9.76. The fraction of sp³-hybridized carbons (Fsp3) is 0.429. The fourth-order valence-corrected chi connectivity index (χ4v) is 2.96. The van der Waals surface area contributed by atoms with Crippen molar-refractivity contribution in [3.8, 4) is 11.5 Å². The van der Waals surface area contributed by atoms with Crippen LogP contribution in [0.25, 0.3) is 0 Å². The van der Waals surface area contributed by atoms with Gasteiger partial charge < -0.3 is 29.9 Å². The smallest absolute Gasteiger partial charge is 0.341 e. The average Bonchev–Trinajstić information content (AvgIpc) is 2.75. The number of amides is 1. The zero-order valence-corrected chi connectivity index (χ0v) is 17.2. The number of aliphatic carboxylic acids is 2. The number of ether oxygens (including phenoxy) is 2. The van der Waals surface area contributed by atoms with Crippen molar-refractivity contribution in [2.45, 2.75) is 12.8 Å². The van der Waals surface area contributed by atoms with Gasteiger partial charge in [0.2, 0.25) is 5.91 Å². The largest absolute Gasteiger partial charge is 0.479 e. The van der Waals surface area contributed by atoms with Gasteiger partial charge in [-0.15, -0.1) is 0 Å². The molecule has 31 heavy (non-hydrogen) atoms. The molecule has 1 aromatic rings. The van der Waals surface area contributed by atoms with Gasteiger partial charge in [0, 0.05) is 12.6 Å². The Balaban J connectivity index is 2.03. The van der Waals surface area contributed by atoms with Crippen LogP contribution >= 0.6 is 0 Å². The number of benzene rings is 1. The average molecular weight is 434 g/mol. The number of hydrogen-bond donors (Lipinski definition) is 3. The molecule has 10 nitrogen and oxygen atoms in total. The van der Waals surface area contributed by atoms with Gasteiger partial charge in [0.15, 0.2) is 30.5 Å². The second kappa shape index (κ2) is 11.7. The summed E-state index contributed by atoms with van der Waals surface area (Å²) >= 11 is 0. The summed E-state index contributed by atoms with van der Waals surface area (Å²) in [6, 6.07) is 3.99. The third kappa shape index (κ3) is 8.09. The van der Waals surface area contributed by atoms with E-state index in [1.165, 1.54) is 36.2 Å². The SMILES string of the molecule is CN(CC(=O)c1ccc(OCC(=O)O)c(OCC(=O)O)c1)C(=O)/C=C/C1CCNCC1. The molecule has 0 aliphatic carbocycles. The predicted molar refractivity (Wildman–Crippen MR) is 109 cm³/mol. The number of ketones is 1. The van der Waals surface area contributed by atoms with Crippen LogP contribution in [0.1, 0.15) is 23.2 Å². The van der Waals surface area contributed by atoms with Crippen molar-refractivity contribution in [1.29, 1.82) is 0 Å². The number of rotatable bonds is 11. The van der Waals surface area contributed by atoms with Crippen molar-refractivity contribution in [2.24, 2.45) is 5.92 Å². The molecule has 1 fully saturated rings. The first kappa shape index (κ1) is 23.9. The highest BCUT2D eigenvalue weighted by atomic mass is 16.5. The lowest BCUT2D eigenvalue weighted by molar-refractivity contribution is -0.140. The lowest BCUT2D eigenvalue weighted by Crippen LogP contribution is -2.31. The van der Waals surface area contributed by atoms with E-state index in [0.29, 0.717) is 5.92 Å². The third-order valence-corrected chi connectivity index (χ3v) is 4.62. The van der Waals surface area contributed by atoms with Crippen LogP contribution < -0.4 is 14.8 Å². The maximum atomic E-state index is 12.6. The van der Waals surface area contributed by atoms with Crippen molar-refractivity contribution in [2.75, 3.05) is 39.9 Å². The summed E-state index contributed by atoms with van der Waals surface area (Å²) in [7, 11) is 1.51. The molecule has 3 N–H and O–H groups in total. The van der Waals surface area contributed by atoms with Crippen LogP contribution in [0.5, 0.6) is 11.5 Å². The summed E-state index contributed by atoms with van der Waals surface area (Å²) in [5, 5.41) is 20.8. The van der Waals surface area contributed by atoms with Gasteiger partial charge in [-0.1, -0.05) is 6.08 Å². The number of nitrogens with one attached hydrogen (secondary N) is 1. The maximum absolute atomic E-state index is 12.6. The zero-order valence-electron chi connectivity index (χ0n) is 17.2. The van der Waals surface area contributed by atoms with Gasteiger partial charge in [-0.3, -0.25) is 9.59 Å². The number of carboxylic acids is 2. The molecule has 10 heteroatoms. The lowest BCUT2D eigenvalue weighted by Gasteiger charge is -2.20. The topological polar surface area (TPSA) is 142 Å². The second-order valence-corrected chi connectivity index (χ2v) is 7.09. The number of hydrogen-bond acceptors (Lipinski definition) is 7. The molecule has 0 spiro atoms. The zero-order chi connectivity index (χ0) is 22.8. The summed E-state index contributed by atoms with van der Waals surface area (Å²) < 4.78 is 10.2. The van der Waals surface area contributed by atoms with E-state index in [2.05, 4.69) is 5.32 Å². The highest BCUT2D eigenvalue weighted by Gasteiger charge is 2.17. The van der Waals surface area contributed by atoms with Crippen molar-refractivity contribution < 1.29 is 38.9 Å². The van der Waals surface area contributed by atoms with Gasteiger partial charge in [0.25, 0.3) is 0 Å². The van der Waals surface area contributed by atoms with E-state index in [1.54, 1.807) is 0 Å². The van der Waals surface area contributed by atoms with Crippen LogP contribution in [0.15, 0.2) is 30.4 Å². The molecule has 1 amide bonds. The summed E-state index contributed by atoms with van der Waals surface area (Å²) in [6.07, 6.45) is 5.27.